The third-order valence-electron chi connectivity index (χ3n) is 7.13. The average Bonchev–Trinajstić information content (AvgIpc) is 3.37. The number of anilines is 1. The quantitative estimate of drug-likeness (QED) is 0.355. The SMILES string of the molecule is CCC(C)(C)C1CCc2nc3sc(C(=O)c4c([O-])on[n+]4-c4ccccc4)c(N)c3cc2C1. The fourth-order valence-electron chi connectivity index (χ4n) is 4.60. The molecule has 1 aliphatic rings. The van der Waals surface area contributed by atoms with E-state index in [0.29, 0.717) is 17.3 Å². The van der Waals surface area contributed by atoms with E-state index in [4.69, 9.17) is 15.2 Å². The Morgan fingerprint density at radius 1 is 1.33 bits per heavy atom. The van der Waals surface area contributed by atoms with Gasteiger partial charge in [-0.15, -0.1) is 11.3 Å². The van der Waals surface area contributed by atoms with Gasteiger partial charge >= 0.3 is 5.69 Å². The first-order valence-electron chi connectivity index (χ1n) is 11.2. The van der Waals surface area contributed by atoms with Crippen LogP contribution in [0.5, 0.6) is 5.95 Å². The molecule has 7 nitrogen and oxygen atoms in total. The zero-order chi connectivity index (χ0) is 23.3. The number of hydrogen-bond acceptors (Lipinski definition) is 7. The number of benzene rings is 1. The number of para-hydroxylation sites is 1. The molecule has 2 N–H and O–H groups in total. The van der Waals surface area contributed by atoms with Crippen molar-refractivity contribution in [3.05, 3.63) is 58.2 Å². The lowest BCUT2D eigenvalue weighted by Gasteiger charge is -2.36. The minimum Gasteiger partial charge on any atom is -0.539 e. The number of fused-ring (bicyclic) bond motifs is 2. The molecule has 0 saturated carbocycles. The van der Waals surface area contributed by atoms with Gasteiger partial charge in [0.1, 0.15) is 9.71 Å². The molecule has 1 aromatic carbocycles. The number of hydrogen-bond donors (Lipinski definition) is 1. The fourth-order valence-corrected chi connectivity index (χ4v) is 5.64. The standard InChI is InChI=1S/C25H26N4O3S/c1-4-25(2,3)15-10-11-18-14(12-15)13-17-19(26)22(33-23(17)27-18)21(30)20-24(31)32-28-29(20)16-8-6-5-7-9-16/h5-9,13,15H,4,10-12H2,1-3H3,(H2-,26,28,30,31). The number of thiophene rings is 1. The monoisotopic (exact) mass is 462 g/mol. The summed E-state index contributed by atoms with van der Waals surface area (Å²) in [6.45, 7) is 6.89. The number of nitrogen functional groups attached to an aromatic ring is 1. The summed E-state index contributed by atoms with van der Waals surface area (Å²) in [4.78, 5) is 19.3. The van der Waals surface area contributed by atoms with Crippen molar-refractivity contribution in [1.82, 2.24) is 10.3 Å². The van der Waals surface area contributed by atoms with Crippen LogP contribution in [0.3, 0.4) is 0 Å². The molecule has 5 rings (SSSR count). The van der Waals surface area contributed by atoms with Crippen molar-refractivity contribution in [3.63, 3.8) is 0 Å². The van der Waals surface area contributed by atoms with Crippen molar-refractivity contribution in [2.75, 3.05) is 5.73 Å². The Labute approximate surface area is 195 Å². The molecule has 1 atom stereocenters. The first kappa shape index (κ1) is 21.6. The topological polar surface area (TPSA) is 109 Å². The third kappa shape index (κ3) is 3.58. The molecule has 0 amide bonds. The summed E-state index contributed by atoms with van der Waals surface area (Å²) in [6, 6.07) is 11.0. The predicted octanol–water partition coefficient (Wildman–Crippen LogP) is 3.99. The van der Waals surface area contributed by atoms with Crippen molar-refractivity contribution < 1.29 is 19.1 Å². The molecule has 0 bridgehead atoms. The molecule has 1 unspecified atom stereocenters. The zero-order valence-corrected chi connectivity index (χ0v) is 19.7. The number of aryl methyl sites for hydroxylation is 1. The van der Waals surface area contributed by atoms with Gasteiger partial charge < -0.3 is 15.4 Å². The van der Waals surface area contributed by atoms with Crippen LogP contribution < -0.4 is 15.5 Å². The summed E-state index contributed by atoms with van der Waals surface area (Å²) >= 11 is 1.22. The second-order valence-corrected chi connectivity index (χ2v) is 10.4. The number of carbonyl (C=O) groups is 1. The van der Waals surface area contributed by atoms with Crippen molar-refractivity contribution in [2.24, 2.45) is 11.3 Å². The maximum atomic E-state index is 13.4. The molecule has 0 radical (unpaired) electrons. The highest BCUT2D eigenvalue weighted by molar-refractivity contribution is 7.21. The molecular weight excluding hydrogens is 436 g/mol. The molecule has 3 heterocycles. The largest absolute Gasteiger partial charge is 0.539 e. The van der Waals surface area contributed by atoms with Crippen LogP contribution in [0.2, 0.25) is 0 Å². The number of rotatable bonds is 5. The van der Waals surface area contributed by atoms with E-state index in [1.165, 1.54) is 21.6 Å². The van der Waals surface area contributed by atoms with Gasteiger partial charge in [-0.05, 0) is 46.9 Å². The minimum absolute atomic E-state index is 0.172. The molecule has 170 valence electrons. The summed E-state index contributed by atoms with van der Waals surface area (Å²) in [6.07, 6.45) is 4.11. The summed E-state index contributed by atoms with van der Waals surface area (Å²) in [7, 11) is 0. The van der Waals surface area contributed by atoms with Crippen LogP contribution in [0.4, 0.5) is 5.69 Å². The van der Waals surface area contributed by atoms with Gasteiger partial charge in [-0.3, -0.25) is 4.79 Å². The first-order valence-corrected chi connectivity index (χ1v) is 12.0. The van der Waals surface area contributed by atoms with E-state index in [2.05, 4.69) is 32.1 Å². The number of nitrogens with two attached hydrogens (primary N) is 1. The van der Waals surface area contributed by atoms with E-state index in [-0.39, 0.29) is 16.0 Å². The maximum absolute atomic E-state index is 13.4. The highest BCUT2D eigenvalue weighted by Gasteiger charge is 2.34. The average molecular weight is 463 g/mol. The maximum Gasteiger partial charge on any atom is 0.312 e. The van der Waals surface area contributed by atoms with Gasteiger partial charge in [-0.2, -0.15) is 0 Å². The van der Waals surface area contributed by atoms with Crippen LogP contribution in [-0.2, 0) is 12.8 Å². The molecule has 3 aromatic heterocycles. The number of carbonyl (C=O) groups excluding carboxylic acids is 1. The van der Waals surface area contributed by atoms with Crippen molar-refractivity contribution in [1.29, 1.82) is 0 Å². The Balaban J connectivity index is 1.56. The van der Waals surface area contributed by atoms with Crippen LogP contribution in [0, 0.1) is 11.3 Å². The molecule has 0 spiro atoms. The summed E-state index contributed by atoms with van der Waals surface area (Å²) in [5, 5.41) is 16.9. The Hall–Kier alpha value is -3.26. The van der Waals surface area contributed by atoms with Crippen molar-refractivity contribution in [3.8, 4) is 11.6 Å². The van der Waals surface area contributed by atoms with E-state index < -0.39 is 11.7 Å². The lowest BCUT2D eigenvalue weighted by molar-refractivity contribution is -0.672. The van der Waals surface area contributed by atoms with E-state index in [1.807, 2.05) is 6.07 Å². The van der Waals surface area contributed by atoms with Crippen LogP contribution in [0.15, 0.2) is 40.9 Å². The van der Waals surface area contributed by atoms with Crippen molar-refractivity contribution in [2.45, 2.75) is 46.5 Å². The molecule has 1 aliphatic carbocycles. The zero-order valence-electron chi connectivity index (χ0n) is 18.9. The molecule has 33 heavy (non-hydrogen) atoms. The number of nitrogens with zero attached hydrogens (tertiary/aromatic N) is 3. The lowest BCUT2D eigenvalue weighted by atomic mass is 9.69. The van der Waals surface area contributed by atoms with E-state index in [0.717, 1.165) is 41.6 Å². The van der Waals surface area contributed by atoms with Gasteiger partial charge in [0.05, 0.1) is 11.0 Å². The lowest BCUT2D eigenvalue weighted by Crippen LogP contribution is -2.39. The first-order chi connectivity index (χ1) is 15.8. The smallest absolute Gasteiger partial charge is 0.312 e. The summed E-state index contributed by atoms with van der Waals surface area (Å²) in [5.74, 6) is -0.716. The Morgan fingerprint density at radius 3 is 2.82 bits per heavy atom. The molecular formula is C25H26N4O3S. The Kier molecular flexibility index (Phi) is 5.20. The van der Waals surface area contributed by atoms with Gasteiger partial charge in [-0.25, -0.2) is 4.98 Å². The predicted molar refractivity (Wildman–Crippen MR) is 125 cm³/mol. The molecule has 0 fully saturated rings. The summed E-state index contributed by atoms with van der Waals surface area (Å²) < 4.78 is 6.05. The normalized spacial score (nSPS) is 16.2. The van der Waals surface area contributed by atoms with Gasteiger partial charge in [0, 0.05) is 23.2 Å². The highest BCUT2D eigenvalue weighted by Crippen LogP contribution is 2.42. The van der Waals surface area contributed by atoms with E-state index in [1.54, 1.807) is 24.3 Å². The van der Waals surface area contributed by atoms with Gasteiger partial charge in [0.25, 0.3) is 5.78 Å². The minimum atomic E-state index is -0.794. The Morgan fingerprint density at radius 2 is 2.09 bits per heavy atom. The fraction of sp³-hybridized carbons (Fsp3) is 0.360. The van der Waals surface area contributed by atoms with Crippen LogP contribution in [-0.4, -0.2) is 16.0 Å². The van der Waals surface area contributed by atoms with Crippen molar-refractivity contribution >= 4 is 33.0 Å². The van der Waals surface area contributed by atoms with Crippen LogP contribution in [0.25, 0.3) is 15.9 Å². The number of pyridine rings is 1. The van der Waals surface area contributed by atoms with Gasteiger partial charge in [0.2, 0.25) is 5.69 Å². The second kappa shape index (κ2) is 7.95. The second-order valence-electron chi connectivity index (χ2n) is 9.36. The van der Waals surface area contributed by atoms with Gasteiger partial charge in [-0.1, -0.05) is 45.4 Å². The Bertz CT molecular complexity index is 1360. The van der Waals surface area contributed by atoms with Crippen LogP contribution in [0.1, 0.15) is 60.2 Å². The molecule has 4 aromatic rings. The molecule has 0 aliphatic heterocycles. The van der Waals surface area contributed by atoms with Gasteiger partial charge in [0.15, 0.2) is 5.95 Å². The van der Waals surface area contributed by atoms with Crippen LogP contribution >= 0.6 is 11.3 Å². The highest BCUT2D eigenvalue weighted by atomic mass is 32.1. The number of aromatic nitrogens is 3. The van der Waals surface area contributed by atoms with E-state index in [9.17, 15) is 9.90 Å². The summed E-state index contributed by atoms with van der Waals surface area (Å²) in [5.41, 5.74) is 9.74. The third-order valence-corrected chi connectivity index (χ3v) is 8.25. The number of ketones is 1. The van der Waals surface area contributed by atoms with E-state index >= 15 is 0 Å². The molecule has 8 heteroatoms. The molecule has 0 saturated heterocycles.